The Morgan fingerprint density at radius 3 is 2.11 bits per heavy atom. The molecule has 0 unspecified atom stereocenters. The summed E-state index contributed by atoms with van der Waals surface area (Å²) in [6, 6.07) is 34.8. The molecule has 0 bridgehead atoms. The van der Waals surface area contributed by atoms with Crippen molar-refractivity contribution in [3.63, 3.8) is 0 Å². The Hall–Kier alpha value is -3.65. The summed E-state index contributed by atoms with van der Waals surface area (Å²) < 4.78 is 5.72. The molecule has 0 atom stereocenters. The van der Waals surface area contributed by atoms with E-state index in [9.17, 15) is 0 Å². The van der Waals surface area contributed by atoms with Gasteiger partial charge in [-0.05, 0) is 22.9 Å². The van der Waals surface area contributed by atoms with E-state index >= 15 is 0 Å². The van der Waals surface area contributed by atoms with Gasteiger partial charge in [0.15, 0.2) is 0 Å². The number of benzene rings is 4. The van der Waals surface area contributed by atoms with Crippen molar-refractivity contribution in [1.29, 1.82) is 0 Å². The quantitative estimate of drug-likeness (QED) is 0.287. The van der Waals surface area contributed by atoms with Gasteiger partial charge in [-0.1, -0.05) is 91.0 Å². The number of rotatable bonds is 5. The summed E-state index contributed by atoms with van der Waals surface area (Å²) in [6.07, 6.45) is 2.02. The average molecular weight is 363 g/mol. The van der Waals surface area contributed by atoms with Gasteiger partial charge in [0.1, 0.15) is 5.76 Å². The maximum absolute atomic E-state index is 5.72. The number of fused-ring (bicyclic) bond motifs is 1. The zero-order chi connectivity index (χ0) is 19.2. The van der Waals surface area contributed by atoms with Gasteiger partial charge in [-0.2, -0.15) is 0 Å². The molecule has 0 saturated heterocycles. The van der Waals surface area contributed by atoms with Crippen LogP contribution >= 0.6 is 0 Å². The predicted molar refractivity (Wildman–Crippen MR) is 118 cm³/mol. The van der Waals surface area contributed by atoms with Crippen LogP contribution in [0, 0.1) is 0 Å². The van der Waals surface area contributed by atoms with Crippen LogP contribution in [0.25, 0.3) is 16.5 Å². The zero-order valence-electron chi connectivity index (χ0n) is 15.7. The lowest BCUT2D eigenvalue weighted by molar-refractivity contribution is 0.370. The van der Waals surface area contributed by atoms with Crippen LogP contribution in [0.2, 0.25) is 0 Å². The van der Waals surface area contributed by atoms with Crippen molar-refractivity contribution in [3.8, 4) is 0 Å². The summed E-state index contributed by atoms with van der Waals surface area (Å²) in [5, 5.41) is 2.35. The number of ether oxygens (including phenoxy) is 1. The van der Waals surface area contributed by atoms with Crippen molar-refractivity contribution in [1.82, 2.24) is 0 Å². The molecule has 0 aliphatic carbocycles. The minimum atomic E-state index is 0.781. The molecule has 136 valence electrons. The van der Waals surface area contributed by atoms with E-state index in [1.807, 2.05) is 66.7 Å². The summed E-state index contributed by atoms with van der Waals surface area (Å²) >= 11 is 0. The number of hydrogen-bond acceptors (Lipinski definition) is 2. The highest BCUT2D eigenvalue weighted by Gasteiger charge is 2.10. The number of methoxy groups -OCH3 is 1. The van der Waals surface area contributed by atoms with Crippen LogP contribution in [-0.2, 0) is 4.74 Å². The lowest BCUT2D eigenvalue weighted by Gasteiger charge is -2.11. The molecule has 2 nitrogen and oxygen atoms in total. The van der Waals surface area contributed by atoms with Gasteiger partial charge in [0.05, 0.1) is 18.5 Å². The minimum Gasteiger partial charge on any atom is -0.496 e. The Bertz CT molecular complexity index is 1120. The Morgan fingerprint density at radius 2 is 1.36 bits per heavy atom. The monoisotopic (exact) mass is 363 g/mol. The van der Waals surface area contributed by atoms with Crippen molar-refractivity contribution >= 4 is 27.9 Å². The van der Waals surface area contributed by atoms with Gasteiger partial charge in [0.2, 0.25) is 0 Å². The topological polar surface area (TPSA) is 21.6 Å². The average Bonchev–Trinajstić information content (AvgIpc) is 2.77. The number of nitrogens with zero attached hydrogens (tertiary/aromatic N) is 1. The lowest BCUT2D eigenvalue weighted by atomic mass is 9.99. The summed E-state index contributed by atoms with van der Waals surface area (Å²) in [6.45, 7) is 0. The summed E-state index contributed by atoms with van der Waals surface area (Å²) in [7, 11) is 1.70. The van der Waals surface area contributed by atoms with Gasteiger partial charge in [-0.3, -0.25) is 0 Å². The van der Waals surface area contributed by atoms with E-state index in [0.717, 1.165) is 28.3 Å². The molecule has 0 radical (unpaired) electrons. The van der Waals surface area contributed by atoms with E-state index < -0.39 is 0 Å². The van der Waals surface area contributed by atoms with Crippen molar-refractivity contribution in [3.05, 3.63) is 120 Å². The maximum atomic E-state index is 5.72. The SMILES string of the molecule is COC(=CC(=Nc1ccccc1)c1cccc2ccccc12)c1ccccc1. The standard InChI is InChI=1S/C26H21NO/c1-28-26(21-12-4-2-5-13-21)19-25(27-22-15-6-3-7-16-22)24-18-10-14-20-11-8-9-17-23(20)24/h2-19H,1H3. The van der Waals surface area contributed by atoms with Crippen LogP contribution in [0.3, 0.4) is 0 Å². The molecule has 0 spiro atoms. The number of para-hydroxylation sites is 1. The second-order valence-electron chi connectivity index (χ2n) is 6.44. The number of hydrogen-bond donors (Lipinski definition) is 0. The Kier molecular flexibility index (Phi) is 5.30. The van der Waals surface area contributed by atoms with E-state index in [2.05, 4.69) is 42.5 Å². The second kappa shape index (κ2) is 8.36. The lowest BCUT2D eigenvalue weighted by Crippen LogP contribution is -2.01. The van der Waals surface area contributed by atoms with Gasteiger partial charge >= 0.3 is 0 Å². The Balaban J connectivity index is 1.92. The van der Waals surface area contributed by atoms with Crippen molar-refractivity contribution in [2.45, 2.75) is 0 Å². The number of allylic oxidation sites excluding steroid dienone is 1. The van der Waals surface area contributed by atoms with Crippen LogP contribution < -0.4 is 0 Å². The van der Waals surface area contributed by atoms with Crippen molar-refractivity contribution < 1.29 is 4.74 Å². The molecule has 28 heavy (non-hydrogen) atoms. The largest absolute Gasteiger partial charge is 0.496 e. The molecular formula is C26H21NO. The van der Waals surface area contributed by atoms with E-state index in [-0.39, 0.29) is 0 Å². The van der Waals surface area contributed by atoms with Crippen LogP contribution in [0.15, 0.2) is 114 Å². The van der Waals surface area contributed by atoms with Crippen molar-refractivity contribution in [2.24, 2.45) is 4.99 Å². The van der Waals surface area contributed by atoms with Gasteiger partial charge < -0.3 is 4.74 Å². The molecule has 2 heteroatoms. The first-order chi connectivity index (χ1) is 13.8. The maximum Gasteiger partial charge on any atom is 0.128 e. The third-order valence-corrected chi connectivity index (χ3v) is 4.62. The Labute approximate surface area is 165 Å². The molecule has 0 saturated carbocycles. The van der Waals surface area contributed by atoms with Crippen LogP contribution in [0.1, 0.15) is 11.1 Å². The van der Waals surface area contributed by atoms with E-state index in [0.29, 0.717) is 0 Å². The van der Waals surface area contributed by atoms with Crippen LogP contribution in [0.4, 0.5) is 5.69 Å². The van der Waals surface area contributed by atoms with Gasteiger partial charge in [-0.25, -0.2) is 4.99 Å². The first-order valence-electron chi connectivity index (χ1n) is 9.28. The molecule has 0 aliphatic rings. The molecule has 0 aromatic heterocycles. The van der Waals surface area contributed by atoms with Gasteiger partial charge in [-0.15, -0.1) is 0 Å². The van der Waals surface area contributed by atoms with E-state index in [4.69, 9.17) is 9.73 Å². The fourth-order valence-electron chi connectivity index (χ4n) is 3.25. The summed E-state index contributed by atoms with van der Waals surface area (Å²) in [4.78, 5) is 4.95. The predicted octanol–water partition coefficient (Wildman–Crippen LogP) is 6.65. The molecule has 0 amide bonds. The van der Waals surface area contributed by atoms with Gasteiger partial charge in [0, 0.05) is 17.2 Å². The van der Waals surface area contributed by atoms with Crippen molar-refractivity contribution in [2.75, 3.05) is 7.11 Å². The first kappa shape index (κ1) is 17.7. The Morgan fingerprint density at radius 1 is 0.714 bits per heavy atom. The normalized spacial score (nSPS) is 12.2. The molecule has 0 N–H and O–H groups in total. The minimum absolute atomic E-state index is 0.781. The molecule has 0 aliphatic heterocycles. The second-order valence-corrected chi connectivity index (χ2v) is 6.44. The number of aliphatic imine (C=N–C) groups is 1. The van der Waals surface area contributed by atoms with Crippen LogP contribution in [-0.4, -0.2) is 12.8 Å². The molecule has 0 fully saturated rings. The van der Waals surface area contributed by atoms with E-state index in [1.165, 1.54) is 10.8 Å². The summed E-state index contributed by atoms with van der Waals surface area (Å²) in [5.74, 6) is 0.781. The third kappa shape index (κ3) is 3.86. The molecule has 4 aromatic rings. The first-order valence-corrected chi connectivity index (χ1v) is 9.28. The molecule has 0 heterocycles. The smallest absolute Gasteiger partial charge is 0.128 e. The summed E-state index contributed by atoms with van der Waals surface area (Å²) in [5.41, 5.74) is 3.87. The molecule has 4 aromatic carbocycles. The highest BCUT2D eigenvalue weighted by Crippen LogP contribution is 2.24. The fraction of sp³-hybridized carbons (Fsp3) is 0.0385. The highest BCUT2D eigenvalue weighted by molar-refractivity contribution is 6.19. The van der Waals surface area contributed by atoms with E-state index in [1.54, 1.807) is 7.11 Å². The fourth-order valence-corrected chi connectivity index (χ4v) is 3.25. The molecule has 4 rings (SSSR count). The highest BCUT2D eigenvalue weighted by atomic mass is 16.5. The third-order valence-electron chi connectivity index (χ3n) is 4.62. The zero-order valence-corrected chi connectivity index (χ0v) is 15.7. The van der Waals surface area contributed by atoms with Crippen LogP contribution in [0.5, 0.6) is 0 Å². The van der Waals surface area contributed by atoms with Gasteiger partial charge in [0.25, 0.3) is 0 Å². The molecular weight excluding hydrogens is 342 g/mol.